The maximum absolute atomic E-state index is 6.27. The van der Waals surface area contributed by atoms with Crippen molar-refractivity contribution in [1.82, 2.24) is 0 Å². The molecule has 0 aliphatic carbocycles. The van der Waals surface area contributed by atoms with Gasteiger partial charge in [-0.3, -0.25) is 0 Å². The fraction of sp³-hybridized carbons (Fsp3) is 0.579. The van der Waals surface area contributed by atoms with Gasteiger partial charge in [-0.05, 0) is 48.7 Å². The molecule has 122 valence electrons. The second-order valence-electron chi connectivity index (χ2n) is 7.22. The van der Waals surface area contributed by atoms with E-state index in [4.69, 9.17) is 15.6 Å². The first-order valence-corrected chi connectivity index (χ1v) is 11.0. The van der Waals surface area contributed by atoms with Crippen LogP contribution in [0.4, 0.5) is 0 Å². The minimum atomic E-state index is -1.75. The molecule has 0 fully saturated rings. The van der Waals surface area contributed by atoms with Gasteiger partial charge in [-0.2, -0.15) is 0 Å². The van der Waals surface area contributed by atoms with Crippen molar-refractivity contribution in [2.75, 3.05) is 6.61 Å². The van der Waals surface area contributed by atoms with Crippen molar-refractivity contribution in [2.45, 2.75) is 64.8 Å². The first kappa shape index (κ1) is 18.8. The highest BCUT2D eigenvalue weighted by molar-refractivity contribution is 6.74. The van der Waals surface area contributed by atoms with Crippen molar-refractivity contribution in [1.29, 1.82) is 0 Å². The Morgan fingerprint density at radius 1 is 1.09 bits per heavy atom. The molecule has 1 aromatic rings. The van der Waals surface area contributed by atoms with Gasteiger partial charge in [0.05, 0.1) is 6.61 Å². The van der Waals surface area contributed by atoms with Crippen LogP contribution in [0.2, 0.25) is 18.1 Å². The van der Waals surface area contributed by atoms with E-state index in [-0.39, 0.29) is 5.04 Å². The van der Waals surface area contributed by atoms with Crippen LogP contribution in [-0.4, -0.2) is 14.9 Å². The molecule has 3 heteroatoms. The summed E-state index contributed by atoms with van der Waals surface area (Å²) >= 11 is 0. The molecule has 0 radical (unpaired) electrons. The maximum Gasteiger partial charge on any atom is 0.250 e. The summed E-state index contributed by atoms with van der Waals surface area (Å²) in [4.78, 5) is 0. The molecular formula is C19H30O2Si. The van der Waals surface area contributed by atoms with Gasteiger partial charge in [0.1, 0.15) is 5.75 Å². The largest absolute Gasteiger partial charge is 0.544 e. The van der Waals surface area contributed by atoms with E-state index < -0.39 is 8.32 Å². The second-order valence-corrected chi connectivity index (χ2v) is 11.9. The normalized spacial score (nSPS) is 12.0. The van der Waals surface area contributed by atoms with Gasteiger partial charge >= 0.3 is 0 Å². The van der Waals surface area contributed by atoms with Crippen molar-refractivity contribution >= 4 is 8.32 Å². The molecule has 0 saturated heterocycles. The number of unbranched alkanes of at least 4 members (excludes halogenated alkanes) is 2. The average molecular weight is 319 g/mol. The molecule has 0 spiro atoms. The monoisotopic (exact) mass is 318 g/mol. The zero-order valence-corrected chi connectivity index (χ0v) is 15.7. The molecule has 0 aliphatic rings. The van der Waals surface area contributed by atoms with Crippen molar-refractivity contribution < 1.29 is 9.16 Å². The number of benzene rings is 1. The summed E-state index contributed by atoms with van der Waals surface area (Å²) in [5.41, 5.74) is 1.18. The van der Waals surface area contributed by atoms with E-state index in [0.717, 1.165) is 31.6 Å². The van der Waals surface area contributed by atoms with Gasteiger partial charge in [0.25, 0.3) is 0 Å². The zero-order valence-electron chi connectivity index (χ0n) is 14.7. The summed E-state index contributed by atoms with van der Waals surface area (Å²) < 4.78 is 11.9. The SMILES string of the molecule is C#CCCCCOCc1ccc(O[Si](C)(C)C(C)(C)C)cc1. The Balaban J connectivity index is 2.42. The molecule has 22 heavy (non-hydrogen) atoms. The van der Waals surface area contributed by atoms with Gasteiger partial charge in [-0.25, -0.2) is 0 Å². The summed E-state index contributed by atoms with van der Waals surface area (Å²) in [5.74, 6) is 3.61. The third-order valence-electron chi connectivity index (χ3n) is 4.23. The zero-order chi connectivity index (χ0) is 16.6. The second kappa shape index (κ2) is 8.41. The summed E-state index contributed by atoms with van der Waals surface area (Å²) in [6, 6.07) is 8.28. The van der Waals surface area contributed by atoms with E-state index >= 15 is 0 Å². The molecule has 0 aromatic heterocycles. The molecule has 0 aliphatic heterocycles. The molecule has 0 saturated carbocycles. The van der Waals surface area contributed by atoms with Crippen LogP contribution in [-0.2, 0) is 11.3 Å². The summed E-state index contributed by atoms with van der Waals surface area (Å²) in [5, 5.41) is 0.215. The predicted octanol–water partition coefficient (Wildman–Crippen LogP) is 5.39. The molecule has 0 atom stereocenters. The number of rotatable bonds is 8. The number of terminal acetylenes is 1. The van der Waals surface area contributed by atoms with Crippen LogP contribution < -0.4 is 4.43 Å². The third-order valence-corrected chi connectivity index (χ3v) is 8.59. The van der Waals surface area contributed by atoms with Gasteiger partial charge in [0.2, 0.25) is 8.32 Å². The quantitative estimate of drug-likeness (QED) is 0.363. The lowest BCUT2D eigenvalue weighted by molar-refractivity contribution is 0.117. The average Bonchev–Trinajstić information content (AvgIpc) is 2.43. The smallest absolute Gasteiger partial charge is 0.250 e. The van der Waals surface area contributed by atoms with Gasteiger partial charge < -0.3 is 9.16 Å². The summed E-state index contributed by atoms with van der Waals surface area (Å²) in [6.07, 6.45) is 8.12. The Labute approximate surface area is 137 Å². The van der Waals surface area contributed by atoms with Gasteiger partial charge in [0, 0.05) is 13.0 Å². The molecule has 1 aromatic carbocycles. The Morgan fingerprint density at radius 2 is 1.73 bits per heavy atom. The molecule has 2 nitrogen and oxygen atoms in total. The van der Waals surface area contributed by atoms with Crippen LogP contribution in [0.5, 0.6) is 5.75 Å². The van der Waals surface area contributed by atoms with Crippen molar-refractivity contribution in [3.05, 3.63) is 29.8 Å². The highest BCUT2D eigenvalue weighted by Crippen LogP contribution is 2.37. The summed E-state index contributed by atoms with van der Waals surface area (Å²) in [6.45, 7) is 12.7. The third kappa shape index (κ3) is 6.25. The molecule has 0 unspecified atom stereocenters. The maximum atomic E-state index is 6.27. The van der Waals surface area contributed by atoms with Crippen molar-refractivity contribution in [3.63, 3.8) is 0 Å². The summed E-state index contributed by atoms with van der Waals surface area (Å²) in [7, 11) is -1.75. The first-order valence-electron chi connectivity index (χ1n) is 8.05. The number of ether oxygens (including phenoxy) is 1. The molecule has 1 rings (SSSR count). The van der Waals surface area contributed by atoms with E-state index in [0.29, 0.717) is 6.61 Å². The molecular weight excluding hydrogens is 288 g/mol. The van der Waals surface area contributed by atoms with E-state index in [1.54, 1.807) is 0 Å². The molecule has 0 bridgehead atoms. The lowest BCUT2D eigenvalue weighted by Gasteiger charge is -2.36. The highest BCUT2D eigenvalue weighted by Gasteiger charge is 2.38. The Hall–Kier alpha value is -1.24. The van der Waals surface area contributed by atoms with E-state index in [2.05, 4.69) is 64.1 Å². The lowest BCUT2D eigenvalue weighted by atomic mass is 10.2. The Kier molecular flexibility index (Phi) is 7.18. The van der Waals surface area contributed by atoms with Crippen LogP contribution in [0.15, 0.2) is 24.3 Å². The van der Waals surface area contributed by atoms with Crippen molar-refractivity contribution in [2.24, 2.45) is 0 Å². The minimum absolute atomic E-state index is 0.215. The minimum Gasteiger partial charge on any atom is -0.544 e. The van der Waals surface area contributed by atoms with Crippen LogP contribution in [0, 0.1) is 12.3 Å². The highest BCUT2D eigenvalue weighted by atomic mass is 28.4. The standard InChI is InChI=1S/C19H30O2Si/c1-7-8-9-10-15-20-16-17-11-13-18(14-12-17)21-22(5,6)19(2,3)4/h1,11-14H,8-10,15-16H2,2-6H3. The van der Waals surface area contributed by atoms with Crippen LogP contribution in [0.25, 0.3) is 0 Å². The topological polar surface area (TPSA) is 18.5 Å². The fourth-order valence-electron chi connectivity index (χ4n) is 1.72. The van der Waals surface area contributed by atoms with Crippen molar-refractivity contribution in [3.8, 4) is 18.1 Å². The van der Waals surface area contributed by atoms with Crippen LogP contribution in [0.1, 0.15) is 45.6 Å². The Morgan fingerprint density at radius 3 is 2.27 bits per heavy atom. The first-order chi connectivity index (χ1) is 10.3. The lowest BCUT2D eigenvalue weighted by Crippen LogP contribution is -2.43. The molecule has 0 amide bonds. The Bertz CT molecular complexity index is 478. The van der Waals surface area contributed by atoms with Gasteiger partial charge in [0.15, 0.2) is 0 Å². The van der Waals surface area contributed by atoms with Gasteiger partial charge in [-0.1, -0.05) is 32.9 Å². The van der Waals surface area contributed by atoms with E-state index in [1.807, 2.05) is 0 Å². The number of hydrogen-bond donors (Lipinski definition) is 0. The van der Waals surface area contributed by atoms with E-state index in [9.17, 15) is 0 Å². The number of hydrogen-bond acceptors (Lipinski definition) is 2. The molecule has 0 heterocycles. The van der Waals surface area contributed by atoms with Crippen LogP contribution >= 0.6 is 0 Å². The van der Waals surface area contributed by atoms with Crippen LogP contribution in [0.3, 0.4) is 0 Å². The molecule has 0 N–H and O–H groups in total. The van der Waals surface area contributed by atoms with E-state index in [1.165, 1.54) is 5.56 Å². The fourth-order valence-corrected chi connectivity index (χ4v) is 2.75. The predicted molar refractivity (Wildman–Crippen MR) is 96.6 cm³/mol. The van der Waals surface area contributed by atoms with Gasteiger partial charge in [-0.15, -0.1) is 12.3 Å².